The van der Waals surface area contributed by atoms with E-state index in [0.29, 0.717) is 23.3 Å². The maximum atomic E-state index is 13.5. The highest BCUT2D eigenvalue weighted by Gasteiger charge is 2.27. The van der Waals surface area contributed by atoms with E-state index in [-0.39, 0.29) is 29.4 Å². The van der Waals surface area contributed by atoms with Gasteiger partial charge in [-0.15, -0.1) is 0 Å². The Morgan fingerprint density at radius 2 is 1.56 bits per heavy atom. The minimum absolute atomic E-state index is 0.0365. The van der Waals surface area contributed by atoms with Gasteiger partial charge in [-0.1, -0.05) is 42.5 Å². The van der Waals surface area contributed by atoms with E-state index in [1.165, 1.54) is 43.5 Å². The number of nitrogens with zero attached hydrogens (tertiary/aromatic N) is 1. The summed E-state index contributed by atoms with van der Waals surface area (Å²) >= 11 is 0. The predicted molar refractivity (Wildman–Crippen MR) is 136 cm³/mol. The molecular formula is C25H29N3O6S2. The second-order valence-corrected chi connectivity index (χ2v) is 11.7. The number of carbonyl (C=O) groups is 1. The number of sulfonamides is 2. The molecule has 0 saturated heterocycles. The van der Waals surface area contributed by atoms with Crippen LogP contribution in [0.25, 0.3) is 0 Å². The Morgan fingerprint density at radius 1 is 0.917 bits per heavy atom. The molecule has 0 saturated carbocycles. The molecule has 1 amide bonds. The van der Waals surface area contributed by atoms with E-state index in [9.17, 15) is 21.6 Å². The molecule has 3 rings (SSSR count). The van der Waals surface area contributed by atoms with E-state index in [1.54, 1.807) is 13.0 Å². The number of carbonyl (C=O) groups excluding carboxylic acids is 1. The van der Waals surface area contributed by atoms with Crippen LogP contribution in [-0.4, -0.2) is 47.2 Å². The van der Waals surface area contributed by atoms with Crippen molar-refractivity contribution in [2.75, 3.05) is 20.2 Å². The largest absolute Gasteiger partial charge is 0.496 e. The van der Waals surface area contributed by atoms with Gasteiger partial charge in [-0.3, -0.25) is 4.79 Å². The fraction of sp³-hybridized carbons (Fsp3) is 0.240. The molecule has 0 spiro atoms. The SMILES string of the molecule is COc1ccc(S(=O)(=O)N(CCc2ccccc2)CC(=O)NCc2ccc(S(N)(=O)=O)cc2)cc1C. The Bertz CT molecular complexity index is 1410. The number of hydrogen-bond donors (Lipinski definition) is 2. The summed E-state index contributed by atoms with van der Waals surface area (Å²) in [7, 11) is -6.29. The maximum Gasteiger partial charge on any atom is 0.243 e. The summed E-state index contributed by atoms with van der Waals surface area (Å²) in [6.07, 6.45) is 0.428. The van der Waals surface area contributed by atoms with E-state index in [1.807, 2.05) is 30.3 Å². The molecule has 0 heterocycles. The van der Waals surface area contributed by atoms with Crippen LogP contribution < -0.4 is 15.2 Å². The van der Waals surface area contributed by atoms with Gasteiger partial charge in [0.25, 0.3) is 0 Å². The zero-order valence-electron chi connectivity index (χ0n) is 20.0. The first kappa shape index (κ1) is 27.3. The highest BCUT2D eigenvalue weighted by molar-refractivity contribution is 7.89. The quantitative estimate of drug-likeness (QED) is 0.389. The average molecular weight is 532 g/mol. The summed E-state index contributed by atoms with van der Waals surface area (Å²) in [6, 6.07) is 19.7. The first-order valence-electron chi connectivity index (χ1n) is 11.1. The summed E-state index contributed by atoms with van der Waals surface area (Å²) in [4.78, 5) is 12.8. The topological polar surface area (TPSA) is 136 Å². The van der Waals surface area contributed by atoms with E-state index in [2.05, 4.69) is 5.32 Å². The molecule has 0 atom stereocenters. The van der Waals surface area contributed by atoms with Crippen LogP contribution in [0.3, 0.4) is 0 Å². The minimum Gasteiger partial charge on any atom is -0.496 e. The Morgan fingerprint density at radius 3 is 2.14 bits per heavy atom. The fourth-order valence-corrected chi connectivity index (χ4v) is 5.56. The number of aryl methyl sites for hydroxylation is 1. The molecule has 0 aliphatic heterocycles. The van der Waals surface area contributed by atoms with Crippen molar-refractivity contribution in [2.45, 2.75) is 29.7 Å². The van der Waals surface area contributed by atoms with E-state index < -0.39 is 26.0 Å². The van der Waals surface area contributed by atoms with Crippen molar-refractivity contribution in [3.05, 3.63) is 89.5 Å². The molecule has 0 aliphatic rings. The second kappa shape index (κ2) is 11.7. The first-order valence-corrected chi connectivity index (χ1v) is 14.1. The third-order valence-corrected chi connectivity index (χ3v) is 8.33. The Kier molecular flexibility index (Phi) is 8.85. The third kappa shape index (κ3) is 7.14. The zero-order valence-corrected chi connectivity index (χ0v) is 21.7. The van der Waals surface area contributed by atoms with Crippen molar-refractivity contribution in [2.24, 2.45) is 5.14 Å². The summed E-state index contributed by atoms with van der Waals surface area (Å²) < 4.78 is 56.2. The lowest BCUT2D eigenvalue weighted by molar-refractivity contribution is -0.121. The molecule has 11 heteroatoms. The van der Waals surface area contributed by atoms with E-state index in [4.69, 9.17) is 9.88 Å². The molecule has 9 nitrogen and oxygen atoms in total. The molecule has 0 fully saturated rings. The number of ether oxygens (including phenoxy) is 1. The first-order chi connectivity index (χ1) is 17.0. The molecule has 192 valence electrons. The molecule has 3 aromatic rings. The number of primary sulfonamides is 1. The van der Waals surface area contributed by atoms with Gasteiger partial charge in [0.05, 0.1) is 23.4 Å². The van der Waals surface area contributed by atoms with Gasteiger partial charge in [-0.05, 0) is 60.4 Å². The van der Waals surface area contributed by atoms with E-state index >= 15 is 0 Å². The fourth-order valence-electron chi connectivity index (χ4n) is 3.56. The van der Waals surface area contributed by atoms with Gasteiger partial charge < -0.3 is 10.1 Å². The van der Waals surface area contributed by atoms with Crippen LogP contribution in [0, 0.1) is 6.92 Å². The summed E-state index contributed by atoms with van der Waals surface area (Å²) in [5.41, 5.74) is 2.24. The minimum atomic E-state index is -3.98. The number of nitrogens with two attached hydrogens (primary N) is 1. The van der Waals surface area contributed by atoms with Gasteiger partial charge in [0.1, 0.15) is 5.75 Å². The van der Waals surface area contributed by atoms with Crippen molar-refractivity contribution in [3.8, 4) is 5.75 Å². The smallest absolute Gasteiger partial charge is 0.243 e. The lowest BCUT2D eigenvalue weighted by Crippen LogP contribution is -2.41. The van der Waals surface area contributed by atoms with Gasteiger partial charge in [-0.25, -0.2) is 22.0 Å². The third-order valence-electron chi connectivity index (χ3n) is 5.56. The lowest BCUT2D eigenvalue weighted by atomic mass is 10.1. The van der Waals surface area contributed by atoms with Crippen molar-refractivity contribution in [1.29, 1.82) is 0 Å². The number of benzene rings is 3. The maximum absolute atomic E-state index is 13.5. The lowest BCUT2D eigenvalue weighted by Gasteiger charge is -2.22. The Labute approximate surface area is 212 Å². The van der Waals surface area contributed by atoms with Gasteiger partial charge in [0.15, 0.2) is 0 Å². The van der Waals surface area contributed by atoms with Crippen LogP contribution in [-0.2, 0) is 37.8 Å². The zero-order chi connectivity index (χ0) is 26.3. The van der Waals surface area contributed by atoms with Crippen LogP contribution >= 0.6 is 0 Å². The highest BCUT2D eigenvalue weighted by atomic mass is 32.2. The van der Waals surface area contributed by atoms with Gasteiger partial charge in [0.2, 0.25) is 26.0 Å². The molecule has 0 radical (unpaired) electrons. The molecule has 3 aromatic carbocycles. The Balaban J connectivity index is 1.76. The molecule has 36 heavy (non-hydrogen) atoms. The van der Waals surface area contributed by atoms with Gasteiger partial charge >= 0.3 is 0 Å². The van der Waals surface area contributed by atoms with Crippen molar-refractivity contribution in [1.82, 2.24) is 9.62 Å². The second-order valence-electron chi connectivity index (χ2n) is 8.17. The predicted octanol–water partition coefficient (Wildman–Crippen LogP) is 2.20. The molecule has 0 aliphatic carbocycles. The number of hydrogen-bond acceptors (Lipinski definition) is 6. The molecule has 3 N–H and O–H groups in total. The van der Waals surface area contributed by atoms with Crippen LogP contribution in [0.4, 0.5) is 0 Å². The molecule has 0 unspecified atom stereocenters. The summed E-state index contributed by atoms with van der Waals surface area (Å²) in [5, 5.41) is 7.79. The van der Waals surface area contributed by atoms with Crippen LogP contribution in [0.5, 0.6) is 5.75 Å². The van der Waals surface area contributed by atoms with Crippen LogP contribution in [0.15, 0.2) is 82.6 Å². The standard InChI is InChI=1S/C25H29N3O6S2/c1-19-16-23(12-13-24(19)34-2)36(32,33)28(15-14-20-6-4-3-5-7-20)18-25(29)27-17-21-8-10-22(11-9-21)35(26,30)31/h3-13,16H,14-15,17-18H2,1-2H3,(H,27,29)(H2,26,30,31). The van der Waals surface area contributed by atoms with Gasteiger partial charge in [0, 0.05) is 13.1 Å². The average Bonchev–Trinajstić information content (AvgIpc) is 2.85. The van der Waals surface area contributed by atoms with Crippen LogP contribution in [0.2, 0.25) is 0 Å². The summed E-state index contributed by atoms with van der Waals surface area (Å²) in [5.74, 6) is 0.0726. The van der Waals surface area contributed by atoms with E-state index in [0.717, 1.165) is 9.87 Å². The van der Waals surface area contributed by atoms with Crippen molar-refractivity contribution < 1.29 is 26.4 Å². The Hall–Kier alpha value is -3.25. The monoisotopic (exact) mass is 531 g/mol. The molecule has 0 aromatic heterocycles. The number of nitrogens with one attached hydrogen (secondary N) is 1. The van der Waals surface area contributed by atoms with Crippen molar-refractivity contribution >= 4 is 26.0 Å². The van der Waals surface area contributed by atoms with Crippen molar-refractivity contribution in [3.63, 3.8) is 0 Å². The van der Waals surface area contributed by atoms with Gasteiger partial charge in [-0.2, -0.15) is 4.31 Å². The number of amides is 1. The number of rotatable bonds is 11. The highest BCUT2D eigenvalue weighted by Crippen LogP contribution is 2.24. The molecule has 0 bridgehead atoms. The normalized spacial score (nSPS) is 11.9. The number of methoxy groups -OCH3 is 1. The summed E-state index contributed by atoms with van der Waals surface area (Å²) in [6.45, 7) is 1.57. The molecular weight excluding hydrogens is 502 g/mol. The van der Waals surface area contributed by atoms with Crippen LogP contribution in [0.1, 0.15) is 16.7 Å².